The van der Waals surface area contributed by atoms with Gasteiger partial charge in [0.25, 0.3) is 5.91 Å². The summed E-state index contributed by atoms with van der Waals surface area (Å²) in [7, 11) is 0. The summed E-state index contributed by atoms with van der Waals surface area (Å²) in [4.78, 5) is 14.9. The third kappa shape index (κ3) is 1.83. The van der Waals surface area contributed by atoms with Gasteiger partial charge >= 0.3 is 0 Å². The van der Waals surface area contributed by atoms with Crippen molar-refractivity contribution in [3.05, 3.63) is 35.9 Å². The molecule has 0 spiro atoms. The Morgan fingerprint density at radius 2 is 2.33 bits per heavy atom. The number of hydrogen-bond donors (Lipinski definition) is 1. The molecule has 0 saturated heterocycles. The summed E-state index contributed by atoms with van der Waals surface area (Å²) in [6.07, 6.45) is 3.15. The summed E-state index contributed by atoms with van der Waals surface area (Å²) in [5.74, 6) is -0.591. The minimum Gasteiger partial charge on any atom is -0.364 e. The van der Waals surface area contributed by atoms with E-state index in [1.165, 1.54) is 10.9 Å². The summed E-state index contributed by atoms with van der Waals surface area (Å²) in [5, 5.41) is 7.43. The Bertz CT molecular complexity index is 505. The van der Waals surface area contributed by atoms with E-state index in [4.69, 9.17) is 5.73 Å². The van der Waals surface area contributed by atoms with Crippen LogP contribution >= 0.6 is 0 Å². The standard InChI is InChI=1S/C9H9N5O/c1-6-4-7(2-3-11-6)14-5-8(9(10)15)12-13-14/h2-5H,1H3,(H2,10,15). The lowest BCUT2D eigenvalue weighted by molar-refractivity contribution is 0.0995. The Morgan fingerprint density at radius 1 is 1.53 bits per heavy atom. The van der Waals surface area contributed by atoms with Crippen molar-refractivity contribution in [3.63, 3.8) is 0 Å². The van der Waals surface area contributed by atoms with Crippen LogP contribution in [0, 0.1) is 6.92 Å². The smallest absolute Gasteiger partial charge is 0.270 e. The molecule has 15 heavy (non-hydrogen) atoms. The average Bonchev–Trinajstić information content (AvgIpc) is 2.66. The molecule has 0 radical (unpaired) electrons. The van der Waals surface area contributed by atoms with Crippen molar-refractivity contribution in [3.8, 4) is 5.69 Å². The van der Waals surface area contributed by atoms with Crippen LogP contribution in [0.3, 0.4) is 0 Å². The molecule has 6 heteroatoms. The van der Waals surface area contributed by atoms with Crippen LogP contribution in [0.5, 0.6) is 0 Å². The van der Waals surface area contributed by atoms with Gasteiger partial charge in [-0.2, -0.15) is 0 Å². The van der Waals surface area contributed by atoms with E-state index in [-0.39, 0.29) is 5.69 Å². The zero-order valence-corrected chi connectivity index (χ0v) is 8.08. The Balaban J connectivity index is 2.41. The molecule has 2 heterocycles. The number of primary amides is 1. The van der Waals surface area contributed by atoms with Gasteiger partial charge in [-0.15, -0.1) is 5.10 Å². The van der Waals surface area contributed by atoms with Crippen LogP contribution in [0.25, 0.3) is 5.69 Å². The fourth-order valence-corrected chi connectivity index (χ4v) is 1.18. The topological polar surface area (TPSA) is 86.7 Å². The summed E-state index contributed by atoms with van der Waals surface area (Å²) >= 11 is 0. The lowest BCUT2D eigenvalue weighted by Crippen LogP contribution is -2.11. The molecular formula is C9H9N5O. The molecule has 2 rings (SSSR count). The molecule has 0 unspecified atom stereocenters. The van der Waals surface area contributed by atoms with Gasteiger partial charge < -0.3 is 5.73 Å². The zero-order chi connectivity index (χ0) is 10.8. The molecule has 0 aliphatic heterocycles. The fourth-order valence-electron chi connectivity index (χ4n) is 1.18. The number of aryl methyl sites for hydroxylation is 1. The highest BCUT2D eigenvalue weighted by Gasteiger charge is 2.07. The highest BCUT2D eigenvalue weighted by Crippen LogP contribution is 2.06. The van der Waals surface area contributed by atoms with Gasteiger partial charge in [-0.05, 0) is 19.1 Å². The van der Waals surface area contributed by atoms with Crippen LogP contribution in [0.15, 0.2) is 24.5 Å². The summed E-state index contributed by atoms with van der Waals surface area (Å²) in [6.45, 7) is 1.87. The van der Waals surface area contributed by atoms with Crippen LogP contribution in [-0.4, -0.2) is 25.9 Å². The normalized spacial score (nSPS) is 10.2. The molecule has 0 fully saturated rings. The Kier molecular flexibility index (Phi) is 2.17. The molecule has 0 aliphatic carbocycles. The maximum atomic E-state index is 10.8. The highest BCUT2D eigenvalue weighted by molar-refractivity contribution is 5.90. The number of pyridine rings is 1. The number of amides is 1. The van der Waals surface area contributed by atoms with E-state index in [1.54, 1.807) is 12.3 Å². The lowest BCUT2D eigenvalue weighted by Gasteiger charge is -1.99. The van der Waals surface area contributed by atoms with Crippen LogP contribution in [0.2, 0.25) is 0 Å². The second kappa shape index (κ2) is 3.49. The summed E-state index contributed by atoms with van der Waals surface area (Å²) in [6, 6.07) is 3.60. The molecule has 0 aliphatic rings. The SMILES string of the molecule is Cc1cc(-n2cc(C(N)=O)nn2)ccn1. The van der Waals surface area contributed by atoms with Crippen LogP contribution in [-0.2, 0) is 0 Å². The third-order valence-corrected chi connectivity index (χ3v) is 1.89. The number of nitrogens with zero attached hydrogens (tertiary/aromatic N) is 4. The Hall–Kier alpha value is -2.24. The van der Waals surface area contributed by atoms with Crippen molar-refractivity contribution in [1.29, 1.82) is 0 Å². The molecule has 76 valence electrons. The summed E-state index contributed by atoms with van der Waals surface area (Å²) in [5.41, 5.74) is 6.87. The van der Waals surface area contributed by atoms with E-state index in [9.17, 15) is 4.79 Å². The molecule has 0 aromatic carbocycles. The maximum absolute atomic E-state index is 10.8. The van der Waals surface area contributed by atoms with Gasteiger partial charge in [0, 0.05) is 11.9 Å². The first-order chi connectivity index (χ1) is 7.16. The second-order valence-electron chi connectivity index (χ2n) is 3.07. The van der Waals surface area contributed by atoms with Gasteiger partial charge in [0.15, 0.2) is 5.69 Å². The first kappa shape index (κ1) is 9.32. The molecule has 2 aromatic rings. The van der Waals surface area contributed by atoms with E-state index in [0.717, 1.165) is 11.4 Å². The maximum Gasteiger partial charge on any atom is 0.270 e. The number of hydrogen-bond acceptors (Lipinski definition) is 4. The van der Waals surface area contributed by atoms with E-state index < -0.39 is 5.91 Å². The van der Waals surface area contributed by atoms with Crippen molar-refractivity contribution >= 4 is 5.91 Å². The molecule has 6 nitrogen and oxygen atoms in total. The first-order valence-electron chi connectivity index (χ1n) is 4.32. The van der Waals surface area contributed by atoms with Gasteiger partial charge in [-0.3, -0.25) is 9.78 Å². The van der Waals surface area contributed by atoms with Crippen molar-refractivity contribution in [2.75, 3.05) is 0 Å². The Morgan fingerprint density at radius 3 is 2.93 bits per heavy atom. The largest absolute Gasteiger partial charge is 0.364 e. The van der Waals surface area contributed by atoms with Crippen LogP contribution in [0.1, 0.15) is 16.2 Å². The fraction of sp³-hybridized carbons (Fsp3) is 0.111. The van der Waals surface area contributed by atoms with Crippen molar-refractivity contribution < 1.29 is 4.79 Å². The van der Waals surface area contributed by atoms with Gasteiger partial charge in [0.05, 0.1) is 11.9 Å². The average molecular weight is 203 g/mol. The minimum atomic E-state index is -0.591. The molecular weight excluding hydrogens is 194 g/mol. The van der Waals surface area contributed by atoms with Gasteiger partial charge in [-0.1, -0.05) is 5.21 Å². The first-order valence-corrected chi connectivity index (χ1v) is 4.32. The lowest BCUT2D eigenvalue weighted by atomic mass is 10.3. The molecule has 2 N–H and O–H groups in total. The number of carbonyl (C=O) groups is 1. The van der Waals surface area contributed by atoms with Crippen molar-refractivity contribution in [2.24, 2.45) is 5.73 Å². The molecule has 0 saturated carbocycles. The molecule has 0 bridgehead atoms. The van der Waals surface area contributed by atoms with Gasteiger partial charge in [0.2, 0.25) is 0 Å². The number of nitrogens with two attached hydrogens (primary N) is 1. The highest BCUT2D eigenvalue weighted by atomic mass is 16.1. The predicted octanol–water partition coefficient (Wildman–Crippen LogP) is 0.0696. The quantitative estimate of drug-likeness (QED) is 0.748. The van der Waals surface area contributed by atoms with Gasteiger partial charge in [-0.25, -0.2) is 4.68 Å². The molecule has 0 atom stereocenters. The Labute approximate surface area is 85.7 Å². The van der Waals surface area contributed by atoms with Crippen molar-refractivity contribution in [2.45, 2.75) is 6.92 Å². The zero-order valence-electron chi connectivity index (χ0n) is 8.08. The number of aromatic nitrogens is 4. The van der Waals surface area contributed by atoms with Crippen LogP contribution in [0.4, 0.5) is 0 Å². The van der Waals surface area contributed by atoms with Gasteiger partial charge in [0.1, 0.15) is 0 Å². The van der Waals surface area contributed by atoms with E-state index >= 15 is 0 Å². The predicted molar refractivity (Wildman–Crippen MR) is 52.4 cm³/mol. The van der Waals surface area contributed by atoms with Crippen molar-refractivity contribution in [1.82, 2.24) is 20.0 Å². The second-order valence-corrected chi connectivity index (χ2v) is 3.07. The number of carbonyl (C=O) groups excluding carboxylic acids is 1. The number of rotatable bonds is 2. The van der Waals surface area contributed by atoms with Crippen LogP contribution < -0.4 is 5.73 Å². The molecule has 2 aromatic heterocycles. The third-order valence-electron chi connectivity index (χ3n) is 1.89. The molecule has 1 amide bonds. The summed E-state index contributed by atoms with van der Waals surface area (Å²) < 4.78 is 1.48. The van der Waals surface area contributed by atoms with E-state index in [0.29, 0.717) is 0 Å². The van der Waals surface area contributed by atoms with E-state index in [1.807, 2.05) is 13.0 Å². The monoisotopic (exact) mass is 203 g/mol. The minimum absolute atomic E-state index is 0.143. The van der Waals surface area contributed by atoms with E-state index in [2.05, 4.69) is 15.3 Å².